The molecule has 1 saturated heterocycles. The van der Waals surface area contributed by atoms with Crippen molar-refractivity contribution < 1.29 is 9.72 Å². The third-order valence-electron chi connectivity index (χ3n) is 4.38. The van der Waals surface area contributed by atoms with E-state index in [0.717, 1.165) is 25.9 Å². The van der Waals surface area contributed by atoms with Crippen LogP contribution in [0.5, 0.6) is 0 Å². The molecule has 0 aliphatic carbocycles. The number of amides is 1. The van der Waals surface area contributed by atoms with Crippen LogP contribution in [0.1, 0.15) is 23.2 Å². The van der Waals surface area contributed by atoms with E-state index in [2.05, 4.69) is 10.3 Å². The summed E-state index contributed by atoms with van der Waals surface area (Å²) in [6, 6.07) is 4.71. The minimum absolute atomic E-state index is 0. The first kappa shape index (κ1) is 21.9. The summed E-state index contributed by atoms with van der Waals surface area (Å²) in [7, 11) is 1.76. The standard InChI is InChI=1S/C16H19N5O3.2ClH/c1-19(13-4-6-17-7-5-13)16(22)12-2-3-14(15(10-12)21(23)24)20-9-8-18-11-20;;/h2-3,8-11,13,17H,4-7H2,1H3;2*1H. The van der Waals surface area contributed by atoms with Gasteiger partial charge in [0.25, 0.3) is 11.6 Å². The van der Waals surface area contributed by atoms with E-state index in [1.54, 1.807) is 41.0 Å². The van der Waals surface area contributed by atoms with Crippen molar-refractivity contribution in [2.24, 2.45) is 0 Å². The summed E-state index contributed by atoms with van der Waals surface area (Å²) in [6.07, 6.45) is 6.44. The van der Waals surface area contributed by atoms with Crippen LogP contribution in [0.2, 0.25) is 0 Å². The lowest BCUT2D eigenvalue weighted by Crippen LogP contribution is -2.43. The molecule has 1 fully saturated rings. The Morgan fingerprint density at radius 1 is 1.35 bits per heavy atom. The van der Waals surface area contributed by atoms with E-state index in [-0.39, 0.29) is 42.5 Å². The van der Waals surface area contributed by atoms with Crippen molar-refractivity contribution in [2.75, 3.05) is 20.1 Å². The predicted molar refractivity (Wildman–Crippen MR) is 103 cm³/mol. The van der Waals surface area contributed by atoms with Crippen LogP contribution in [0.25, 0.3) is 5.69 Å². The molecular weight excluding hydrogens is 381 g/mol. The average Bonchev–Trinajstić information content (AvgIpc) is 3.15. The quantitative estimate of drug-likeness (QED) is 0.627. The molecule has 142 valence electrons. The van der Waals surface area contributed by atoms with Crippen molar-refractivity contribution in [1.82, 2.24) is 19.8 Å². The van der Waals surface area contributed by atoms with E-state index in [1.807, 2.05) is 0 Å². The van der Waals surface area contributed by atoms with Gasteiger partial charge in [0, 0.05) is 37.1 Å². The molecular formula is C16H21Cl2N5O3. The average molecular weight is 402 g/mol. The van der Waals surface area contributed by atoms with Crippen molar-refractivity contribution in [2.45, 2.75) is 18.9 Å². The molecule has 1 amide bonds. The molecule has 2 heterocycles. The Morgan fingerprint density at radius 2 is 2.04 bits per heavy atom. The van der Waals surface area contributed by atoms with Gasteiger partial charge in [0.2, 0.25) is 0 Å². The molecule has 1 N–H and O–H groups in total. The van der Waals surface area contributed by atoms with Gasteiger partial charge < -0.3 is 14.8 Å². The Morgan fingerprint density at radius 3 is 2.62 bits per heavy atom. The Kier molecular flexibility index (Phi) is 8.01. The van der Waals surface area contributed by atoms with Crippen LogP contribution in [-0.2, 0) is 0 Å². The van der Waals surface area contributed by atoms with Crippen molar-refractivity contribution in [3.63, 3.8) is 0 Å². The van der Waals surface area contributed by atoms with Gasteiger partial charge in [0.1, 0.15) is 5.69 Å². The third kappa shape index (κ3) is 4.51. The van der Waals surface area contributed by atoms with E-state index in [1.165, 1.54) is 12.4 Å². The number of nitro benzene ring substituents is 1. The number of hydrogen-bond acceptors (Lipinski definition) is 5. The highest BCUT2D eigenvalue weighted by Gasteiger charge is 2.25. The lowest BCUT2D eigenvalue weighted by atomic mass is 10.0. The van der Waals surface area contributed by atoms with Gasteiger partial charge in [0.05, 0.1) is 11.3 Å². The molecule has 0 radical (unpaired) electrons. The molecule has 1 aromatic heterocycles. The molecule has 0 bridgehead atoms. The summed E-state index contributed by atoms with van der Waals surface area (Å²) in [5.41, 5.74) is 0.600. The summed E-state index contributed by atoms with van der Waals surface area (Å²) in [5, 5.41) is 14.7. The molecule has 1 aromatic carbocycles. The monoisotopic (exact) mass is 401 g/mol. The molecule has 10 heteroatoms. The lowest BCUT2D eigenvalue weighted by molar-refractivity contribution is -0.384. The molecule has 1 aliphatic heterocycles. The van der Waals surface area contributed by atoms with Crippen LogP contribution < -0.4 is 5.32 Å². The number of aromatic nitrogens is 2. The Balaban J connectivity index is 0.00000169. The van der Waals surface area contributed by atoms with Gasteiger partial charge in [-0.25, -0.2) is 4.98 Å². The number of nitro groups is 1. The number of halogens is 2. The second kappa shape index (κ2) is 9.51. The topological polar surface area (TPSA) is 93.3 Å². The zero-order valence-corrected chi connectivity index (χ0v) is 15.8. The van der Waals surface area contributed by atoms with Crippen LogP contribution in [0.15, 0.2) is 36.9 Å². The fourth-order valence-electron chi connectivity index (χ4n) is 2.99. The number of rotatable bonds is 4. The number of nitrogens with one attached hydrogen (secondary N) is 1. The summed E-state index contributed by atoms with van der Waals surface area (Å²) >= 11 is 0. The van der Waals surface area contributed by atoms with Crippen LogP contribution in [0, 0.1) is 10.1 Å². The van der Waals surface area contributed by atoms with E-state index in [0.29, 0.717) is 11.3 Å². The van der Waals surface area contributed by atoms with Gasteiger partial charge >= 0.3 is 0 Å². The van der Waals surface area contributed by atoms with Gasteiger partial charge in [0.15, 0.2) is 0 Å². The van der Waals surface area contributed by atoms with Crippen LogP contribution >= 0.6 is 24.8 Å². The highest BCUT2D eigenvalue weighted by molar-refractivity contribution is 5.95. The van der Waals surface area contributed by atoms with Crippen molar-refractivity contribution in [1.29, 1.82) is 0 Å². The maximum absolute atomic E-state index is 12.7. The van der Waals surface area contributed by atoms with Crippen molar-refractivity contribution in [3.8, 4) is 5.69 Å². The van der Waals surface area contributed by atoms with E-state index in [4.69, 9.17) is 0 Å². The SMILES string of the molecule is CN(C(=O)c1ccc(-n2ccnc2)c([N+](=O)[O-])c1)C1CCNCC1.Cl.Cl. The van der Waals surface area contributed by atoms with E-state index < -0.39 is 4.92 Å². The molecule has 2 aromatic rings. The Hall–Kier alpha value is -2.16. The lowest BCUT2D eigenvalue weighted by Gasteiger charge is -2.31. The smallest absolute Gasteiger partial charge is 0.294 e. The second-order valence-corrected chi connectivity index (χ2v) is 5.83. The minimum atomic E-state index is -0.476. The zero-order valence-electron chi connectivity index (χ0n) is 14.2. The molecule has 3 rings (SSSR count). The van der Waals surface area contributed by atoms with Gasteiger partial charge in [-0.2, -0.15) is 0 Å². The molecule has 0 saturated carbocycles. The molecule has 26 heavy (non-hydrogen) atoms. The van der Waals surface area contributed by atoms with Crippen LogP contribution in [0.3, 0.4) is 0 Å². The zero-order chi connectivity index (χ0) is 17.1. The van der Waals surface area contributed by atoms with E-state index in [9.17, 15) is 14.9 Å². The van der Waals surface area contributed by atoms with Crippen molar-refractivity contribution in [3.05, 3.63) is 52.6 Å². The molecule has 1 aliphatic rings. The fraction of sp³-hybridized carbons (Fsp3) is 0.375. The van der Waals surface area contributed by atoms with Gasteiger partial charge in [-0.1, -0.05) is 0 Å². The number of hydrogen-bond donors (Lipinski definition) is 1. The minimum Gasteiger partial charge on any atom is -0.339 e. The van der Waals surface area contributed by atoms with Gasteiger partial charge in [-0.15, -0.1) is 24.8 Å². The Bertz CT molecular complexity index is 748. The maximum atomic E-state index is 12.7. The van der Waals surface area contributed by atoms with Gasteiger partial charge in [-0.05, 0) is 38.1 Å². The number of nitrogens with zero attached hydrogens (tertiary/aromatic N) is 4. The van der Waals surface area contributed by atoms with E-state index >= 15 is 0 Å². The third-order valence-corrected chi connectivity index (χ3v) is 4.38. The number of carbonyl (C=O) groups excluding carboxylic acids is 1. The molecule has 0 unspecified atom stereocenters. The summed E-state index contributed by atoms with van der Waals surface area (Å²) in [5.74, 6) is -0.192. The van der Waals surface area contributed by atoms with Crippen molar-refractivity contribution >= 4 is 36.4 Å². The van der Waals surface area contributed by atoms with Crippen LogP contribution in [-0.4, -0.2) is 51.5 Å². The normalized spacial score (nSPS) is 14.0. The summed E-state index contributed by atoms with van der Waals surface area (Å²) < 4.78 is 1.56. The number of piperidine rings is 1. The highest BCUT2D eigenvalue weighted by Crippen LogP contribution is 2.25. The number of carbonyl (C=O) groups is 1. The highest BCUT2D eigenvalue weighted by atomic mass is 35.5. The fourth-order valence-corrected chi connectivity index (χ4v) is 2.99. The van der Waals surface area contributed by atoms with Gasteiger partial charge in [-0.3, -0.25) is 14.9 Å². The van der Waals surface area contributed by atoms with Crippen LogP contribution in [0.4, 0.5) is 5.69 Å². The first-order chi connectivity index (χ1) is 11.6. The maximum Gasteiger partial charge on any atom is 0.294 e. The Labute approximate surface area is 163 Å². The molecule has 8 nitrogen and oxygen atoms in total. The number of imidazole rings is 1. The summed E-state index contributed by atoms with van der Waals surface area (Å²) in [6.45, 7) is 1.75. The summed E-state index contributed by atoms with van der Waals surface area (Å²) in [4.78, 5) is 29.2. The number of benzene rings is 1. The molecule has 0 atom stereocenters. The second-order valence-electron chi connectivity index (χ2n) is 5.83. The predicted octanol–water partition coefficient (Wildman–Crippen LogP) is 2.45. The largest absolute Gasteiger partial charge is 0.339 e. The molecule has 0 spiro atoms. The first-order valence-electron chi connectivity index (χ1n) is 7.82. The first-order valence-corrected chi connectivity index (χ1v) is 7.82.